The van der Waals surface area contributed by atoms with Gasteiger partial charge in [-0.15, -0.1) is 0 Å². The van der Waals surface area contributed by atoms with E-state index in [1.165, 1.54) is 4.90 Å². The van der Waals surface area contributed by atoms with E-state index in [9.17, 15) is 9.59 Å². The third-order valence-corrected chi connectivity index (χ3v) is 5.12. The van der Waals surface area contributed by atoms with Gasteiger partial charge in [-0.25, -0.2) is 0 Å². The van der Waals surface area contributed by atoms with E-state index in [-0.39, 0.29) is 17.7 Å². The number of carbonyl (C=O) groups is 2. The van der Waals surface area contributed by atoms with E-state index < -0.39 is 0 Å². The number of carbonyl (C=O) groups excluding carboxylic acids is 2. The highest BCUT2D eigenvalue weighted by Crippen LogP contribution is 2.36. The third kappa shape index (κ3) is 4.57. The van der Waals surface area contributed by atoms with Gasteiger partial charge < -0.3 is 9.47 Å². The number of amides is 2. The molecule has 0 spiro atoms. The average Bonchev–Trinajstić information content (AvgIpc) is 2.93. The van der Waals surface area contributed by atoms with E-state index in [4.69, 9.17) is 9.47 Å². The van der Waals surface area contributed by atoms with Crippen molar-refractivity contribution in [2.45, 2.75) is 27.3 Å². The zero-order valence-corrected chi connectivity index (χ0v) is 17.0. The normalized spacial score (nSPS) is 15.4. The van der Waals surface area contributed by atoms with Crippen molar-refractivity contribution in [1.29, 1.82) is 0 Å². The summed E-state index contributed by atoms with van der Waals surface area (Å²) >= 11 is 0.952. The van der Waals surface area contributed by atoms with Crippen molar-refractivity contribution in [2.24, 2.45) is 0 Å². The molecule has 3 rings (SSSR count). The predicted molar refractivity (Wildman–Crippen MR) is 111 cm³/mol. The summed E-state index contributed by atoms with van der Waals surface area (Å²) in [5, 5.41) is -0.263. The van der Waals surface area contributed by atoms with Gasteiger partial charge in [0.25, 0.3) is 11.1 Å². The lowest BCUT2D eigenvalue weighted by atomic mass is 10.1. The molecule has 146 valence electrons. The van der Waals surface area contributed by atoms with Crippen LogP contribution in [0.3, 0.4) is 0 Å². The highest BCUT2D eigenvalue weighted by atomic mass is 32.2. The van der Waals surface area contributed by atoms with Crippen LogP contribution in [0.5, 0.6) is 11.5 Å². The zero-order valence-electron chi connectivity index (χ0n) is 16.2. The minimum Gasteiger partial charge on any atom is -0.494 e. The van der Waals surface area contributed by atoms with Crippen LogP contribution in [-0.4, -0.2) is 29.3 Å². The monoisotopic (exact) mass is 397 g/mol. The second-order valence-corrected chi connectivity index (χ2v) is 7.31. The van der Waals surface area contributed by atoms with Crippen LogP contribution in [0.25, 0.3) is 6.08 Å². The van der Waals surface area contributed by atoms with Gasteiger partial charge in [-0.05, 0) is 56.3 Å². The number of rotatable bonds is 7. The molecule has 0 unspecified atom stereocenters. The molecule has 1 aliphatic rings. The zero-order chi connectivity index (χ0) is 20.1. The lowest BCUT2D eigenvalue weighted by Gasteiger charge is -2.13. The molecule has 2 aromatic carbocycles. The Morgan fingerprint density at radius 1 is 1.00 bits per heavy atom. The first-order chi connectivity index (χ1) is 13.5. The van der Waals surface area contributed by atoms with E-state index in [2.05, 4.69) is 0 Å². The summed E-state index contributed by atoms with van der Waals surface area (Å²) in [7, 11) is 0. The molecule has 1 fully saturated rings. The number of imide groups is 1. The minimum absolute atomic E-state index is 0.263. The van der Waals surface area contributed by atoms with Crippen LogP contribution in [0.2, 0.25) is 0 Å². The first kappa shape index (κ1) is 20.0. The van der Waals surface area contributed by atoms with Gasteiger partial charge in [-0.3, -0.25) is 14.5 Å². The van der Waals surface area contributed by atoms with E-state index >= 15 is 0 Å². The highest BCUT2D eigenvalue weighted by molar-refractivity contribution is 8.18. The van der Waals surface area contributed by atoms with Gasteiger partial charge in [0.1, 0.15) is 11.5 Å². The molecule has 1 heterocycles. The van der Waals surface area contributed by atoms with Crippen molar-refractivity contribution in [1.82, 2.24) is 4.90 Å². The molecule has 28 heavy (non-hydrogen) atoms. The first-order valence-corrected chi connectivity index (χ1v) is 10.0. The molecular formula is C22H23NO4S. The topological polar surface area (TPSA) is 55.8 Å². The molecule has 0 bridgehead atoms. The van der Waals surface area contributed by atoms with Crippen molar-refractivity contribution in [3.8, 4) is 11.5 Å². The fourth-order valence-corrected chi connectivity index (χ4v) is 3.65. The van der Waals surface area contributed by atoms with E-state index in [1.54, 1.807) is 12.1 Å². The molecule has 2 amide bonds. The van der Waals surface area contributed by atoms with E-state index in [0.29, 0.717) is 29.6 Å². The fraction of sp³-hybridized carbons (Fsp3) is 0.273. The van der Waals surface area contributed by atoms with Gasteiger partial charge >= 0.3 is 0 Å². The number of nitrogens with zero attached hydrogens (tertiary/aromatic N) is 1. The summed E-state index contributed by atoms with van der Waals surface area (Å²) in [5.74, 6) is 1.04. The van der Waals surface area contributed by atoms with E-state index in [0.717, 1.165) is 28.5 Å². The molecular weight excluding hydrogens is 374 g/mol. The molecule has 2 aromatic rings. The lowest BCUT2D eigenvalue weighted by Crippen LogP contribution is -2.27. The number of thioether (sulfide) groups is 1. The fourth-order valence-electron chi connectivity index (χ4n) is 2.82. The van der Waals surface area contributed by atoms with Crippen LogP contribution >= 0.6 is 11.8 Å². The Balaban J connectivity index is 1.83. The van der Waals surface area contributed by atoms with Gasteiger partial charge in [0.15, 0.2) is 0 Å². The van der Waals surface area contributed by atoms with Gasteiger partial charge in [0, 0.05) is 11.6 Å². The van der Waals surface area contributed by atoms with Crippen LogP contribution in [0.4, 0.5) is 4.79 Å². The molecule has 5 nitrogen and oxygen atoms in total. The number of hydrogen-bond donors (Lipinski definition) is 0. The molecule has 1 saturated heterocycles. The second-order valence-electron chi connectivity index (χ2n) is 6.32. The molecule has 0 aliphatic carbocycles. The number of ether oxygens (including phenoxy) is 2. The Kier molecular flexibility index (Phi) is 6.41. The van der Waals surface area contributed by atoms with Gasteiger partial charge in [0.2, 0.25) is 0 Å². The Hall–Kier alpha value is -2.73. The van der Waals surface area contributed by atoms with Gasteiger partial charge in [-0.1, -0.05) is 29.8 Å². The first-order valence-electron chi connectivity index (χ1n) is 9.22. The Morgan fingerprint density at radius 2 is 1.71 bits per heavy atom. The van der Waals surface area contributed by atoms with Crippen LogP contribution in [-0.2, 0) is 11.3 Å². The van der Waals surface area contributed by atoms with Crippen LogP contribution in [0.1, 0.15) is 30.5 Å². The third-order valence-electron chi connectivity index (χ3n) is 4.22. The molecule has 0 aromatic heterocycles. The maximum absolute atomic E-state index is 12.8. The average molecular weight is 397 g/mol. The van der Waals surface area contributed by atoms with Crippen molar-refractivity contribution in [3.05, 3.63) is 64.1 Å². The minimum atomic E-state index is -0.285. The largest absolute Gasteiger partial charge is 0.494 e. The summed E-state index contributed by atoms with van der Waals surface area (Å²) in [4.78, 5) is 26.8. The van der Waals surface area contributed by atoms with Crippen molar-refractivity contribution >= 4 is 29.0 Å². The highest BCUT2D eigenvalue weighted by Gasteiger charge is 2.35. The quantitative estimate of drug-likeness (QED) is 0.614. The summed E-state index contributed by atoms with van der Waals surface area (Å²) in [6.45, 7) is 7.13. The second kappa shape index (κ2) is 8.97. The summed E-state index contributed by atoms with van der Waals surface area (Å²) in [6.07, 6.45) is 1.71. The van der Waals surface area contributed by atoms with Crippen molar-refractivity contribution in [3.63, 3.8) is 0 Å². The number of hydrogen-bond acceptors (Lipinski definition) is 5. The molecule has 0 N–H and O–H groups in total. The smallest absolute Gasteiger partial charge is 0.293 e. The van der Waals surface area contributed by atoms with Crippen LogP contribution in [0.15, 0.2) is 47.4 Å². The van der Waals surface area contributed by atoms with Crippen molar-refractivity contribution in [2.75, 3.05) is 13.2 Å². The van der Waals surface area contributed by atoms with E-state index in [1.807, 2.05) is 57.2 Å². The van der Waals surface area contributed by atoms with Crippen molar-refractivity contribution < 1.29 is 19.1 Å². The molecule has 6 heteroatoms. The molecule has 0 atom stereocenters. The van der Waals surface area contributed by atoms with Crippen LogP contribution < -0.4 is 9.47 Å². The Labute approximate surface area is 169 Å². The summed E-state index contributed by atoms with van der Waals surface area (Å²) in [5.41, 5.74) is 2.80. The molecule has 0 saturated carbocycles. The van der Waals surface area contributed by atoms with Crippen LogP contribution in [0, 0.1) is 6.92 Å². The van der Waals surface area contributed by atoms with Gasteiger partial charge in [0.05, 0.1) is 24.7 Å². The number of benzene rings is 2. The summed E-state index contributed by atoms with van der Waals surface area (Å²) in [6, 6.07) is 13.3. The standard InChI is InChI=1S/C22H23NO4S/c1-4-26-18-11-10-17(19(13-18)27-5-2)12-20-21(24)23(22(25)28-20)14-16-8-6-15(3)7-9-16/h6-13H,4-5,14H2,1-3H3/b20-12-. The maximum atomic E-state index is 12.8. The summed E-state index contributed by atoms with van der Waals surface area (Å²) < 4.78 is 11.2. The lowest BCUT2D eigenvalue weighted by molar-refractivity contribution is -0.123. The molecule has 0 radical (unpaired) electrons. The molecule has 1 aliphatic heterocycles. The Bertz CT molecular complexity index is 905. The predicted octanol–water partition coefficient (Wildman–Crippen LogP) is 5.03. The van der Waals surface area contributed by atoms with Gasteiger partial charge in [-0.2, -0.15) is 0 Å². The number of aryl methyl sites for hydroxylation is 1. The maximum Gasteiger partial charge on any atom is 0.293 e. The SMILES string of the molecule is CCOc1ccc(/C=C2\SC(=O)N(Cc3ccc(C)cc3)C2=O)c(OCC)c1. The Morgan fingerprint density at radius 3 is 2.39 bits per heavy atom.